The summed E-state index contributed by atoms with van der Waals surface area (Å²) in [5.74, 6) is -0.242. The van der Waals surface area contributed by atoms with Crippen LogP contribution in [0.2, 0.25) is 10.0 Å². The van der Waals surface area contributed by atoms with Crippen LogP contribution in [0.1, 0.15) is 24.1 Å². The first-order valence-electron chi connectivity index (χ1n) is 6.05. The van der Waals surface area contributed by atoms with Crippen molar-refractivity contribution in [2.24, 2.45) is 0 Å². The van der Waals surface area contributed by atoms with Crippen molar-refractivity contribution in [1.82, 2.24) is 5.32 Å². The molecule has 0 saturated heterocycles. The van der Waals surface area contributed by atoms with Crippen LogP contribution in [0.5, 0.6) is 0 Å². The highest BCUT2D eigenvalue weighted by Gasteiger charge is 2.14. The highest BCUT2D eigenvalue weighted by Crippen LogP contribution is 2.28. The van der Waals surface area contributed by atoms with Crippen LogP contribution >= 0.6 is 23.2 Å². The predicted molar refractivity (Wildman–Crippen MR) is 78.4 cm³/mol. The highest BCUT2D eigenvalue weighted by atomic mass is 35.5. The van der Waals surface area contributed by atoms with Crippen LogP contribution in [-0.4, -0.2) is 6.54 Å². The molecule has 1 N–H and O–H groups in total. The second-order valence-electron chi connectivity index (χ2n) is 4.22. The molecule has 0 amide bonds. The van der Waals surface area contributed by atoms with Gasteiger partial charge in [0, 0.05) is 0 Å². The number of benzene rings is 2. The van der Waals surface area contributed by atoms with Gasteiger partial charge in [0.15, 0.2) is 0 Å². The van der Waals surface area contributed by atoms with E-state index in [9.17, 15) is 4.39 Å². The Morgan fingerprint density at radius 2 is 1.63 bits per heavy atom. The van der Waals surface area contributed by atoms with E-state index in [0.717, 1.165) is 17.7 Å². The van der Waals surface area contributed by atoms with Crippen LogP contribution in [-0.2, 0) is 0 Å². The Hall–Kier alpha value is -1.09. The first-order chi connectivity index (χ1) is 9.11. The van der Waals surface area contributed by atoms with Crippen LogP contribution in [0.3, 0.4) is 0 Å². The van der Waals surface area contributed by atoms with Crippen molar-refractivity contribution < 1.29 is 4.39 Å². The average Bonchev–Trinajstić information content (AvgIpc) is 2.41. The van der Waals surface area contributed by atoms with Gasteiger partial charge in [-0.05, 0) is 41.9 Å². The van der Waals surface area contributed by atoms with Gasteiger partial charge >= 0.3 is 0 Å². The molecule has 0 aromatic heterocycles. The summed E-state index contributed by atoms with van der Waals surface area (Å²) in [5, 5.41) is 4.40. The fourth-order valence-electron chi connectivity index (χ4n) is 1.98. The molecule has 0 spiro atoms. The standard InChI is InChI=1S/C15H14Cl2FN/c1-2-19-15(10-3-6-12(18)7-4-10)11-5-8-13(16)14(17)9-11/h3-9,15,19H,2H2,1H3. The van der Waals surface area contributed by atoms with Crippen LogP contribution in [0.25, 0.3) is 0 Å². The van der Waals surface area contributed by atoms with Crippen molar-refractivity contribution in [3.63, 3.8) is 0 Å². The third-order valence-electron chi connectivity index (χ3n) is 2.89. The van der Waals surface area contributed by atoms with Gasteiger partial charge in [-0.3, -0.25) is 0 Å². The smallest absolute Gasteiger partial charge is 0.123 e. The van der Waals surface area contributed by atoms with E-state index in [0.29, 0.717) is 10.0 Å². The van der Waals surface area contributed by atoms with Gasteiger partial charge in [0.25, 0.3) is 0 Å². The molecule has 0 heterocycles. The molecular weight excluding hydrogens is 284 g/mol. The van der Waals surface area contributed by atoms with Crippen molar-refractivity contribution in [3.8, 4) is 0 Å². The molecule has 1 unspecified atom stereocenters. The van der Waals surface area contributed by atoms with Crippen LogP contribution < -0.4 is 5.32 Å². The molecule has 4 heteroatoms. The lowest BCUT2D eigenvalue weighted by Crippen LogP contribution is -2.21. The summed E-state index contributed by atoms with van der Waals surface area (Å²) in [7, 11) is 0. The fourth-order valence-corrected chi connectivity index (χ4v) is 2.29. The minimum absolute atomic E-state index is 0.0274. The van der Waals surface area contributed by atoms with Gasteiger partial charge in [-0.15, -0.1) is 0 Å². The second kappa shape index (κ2) is 6.38. The Morgan fingerprint density at radius 1 is 1.00 bits per heavy atom. The summed E-state index contributed by atoms with van der Waals surface area (Å²) >= 11 is 12.0. The molecule has 100 valence electrons. The fraction of sp³-hybridized carbons (Fsp3) is 0.200. The number of hydrogen-bond acceptors (Lipinski definition) is 1. The molecule has 2 aromatic rings. The van der Waals surface area contributed by atoms with Gasteiger partial charge in [0.1, 0.15) is 5.82 Å². The minimum Gasteiger partial charge on any atom is -0.307 e. The number of hydrogen-bond donors (Lipinski definition) is 1. The number of halogens is 3. The van der Waals surface area contributed by atoms with E-state index >= 15 is 0 Å². The summed E-state index contributed by atoms with van der Waals surface area (Å²) < 4.78 is 13.0. The van der Waals surface area contributed by atoms with Crippen LogP contribution in [0.4, 0.5) is 4.39 Å². The summed E-state index contributed by atoms with van der Waals surface area (Å²) in [6, 6.07) is 11.9. The third kappa shape index (κ3) is 3.47. The van der Waals surface area contributed by atoms with Gasteiger partial charge in [-0.25, -0.2) is 4.39 Å². The van der Waals surface area contributed by atoms with Gasteiger partial charge in [-0.1, -0.05) is 48.3 Å². The maximum Gasteiger partial charge on any atom is 0.123 e. The highest BCUT2D eigenvalue weighted by molar-refractivity contribution is 6.42. The van der Waals surface area contributed by atoms with Gasteiger partial charge in [0.05, 0.1) is 16.1 Å². The summed E-state index contributed by atoms with van der Waals surface area (Å²) in [4.78, 5) is 0. The molecule has 1 atom stereocenters. The zero-order chi connectivity index (χ0) is 13.8. The number of nitrogens with one attached hydrogen (secondary N) is 1. The Balaban J connectivity index is 2.38. The molecule has 0 radical (unpaired) electrons. The Kier molecular flexibility index (Phi) is 4.81. The monoisotopic (exact) mass is 297 g/mol. The van der Waals surface area contributed by atoms with E-state index in [1.165, 1.54) is 12.1 Å². The molecule has 0 aliphatic carbocycles. The maximum atomic E-state index is 13.0. The Bertz CT molecular complexity index is 555. The summed E-state index contributed by atoms with van der Waals surface area (Å²) in [6.07, 6.45) is 0. The van der Waals surface area contributed by atoms with Gasteiger partial charge in [0.2, 0.25) is 0 Å². The van der Waals surface area contributed by atoms with Crippen LogP contribution in [0.15, 0.2) is 42.5 Å². The van der Waals surface area contributed by atoms with Crippen molar-refractivity contribution >= 4 is 23.2 Å². The van der Waals surface area contributed by atoms with E-state index < -0.39 is 0 Å². The normalized spacial score (nSPS) is 12.4. The van der Waals surface area contributed by atoms with Crippen molar-refractivity contribution in [2.45, 2.75) is 13.0 Å². The van der Waals surface area contributed by atoms with E-state index in [2.05, 4.69) is 5.32 Å². The molecule has 2 aromatic carbocycles. The molecule has 0 fully saturated rings. The van der Waals surface area contributed by atoms with E-state index in [1.807, 2.05) is 19.1 Å². The quantitative estimate of drug-likeness (QED) is 0.852. The molecule has 1 nitrogen and oxygen atoms in total. The van der Waals surface area contributed by atoms with E-state index in [4.69, 9.17) is 23.2 Å². The van der Waals surface area contributed by atoms with Gasteiger partial charge in [-0.2, -0.15) is 0 Å². The average molecular weight is 298 g/mol. The van der Waals surface area contributed by atoms with Crippen molar-refractivity contribution in [2.75, 3.05) is 6.54 Å². The molecule has 0 aliphatic heterocycles. The molecule has 19 heavy (non-hydrogen) atoms. The first kappa shape index (κ1) is 14.3. The topological polar surface area (TPSA) is 12.0 Å². The third-order valence-corrected chi connectivity index (χ3v) is 3.63. The lowest BCUT2D eigenvalue weighted by Gasteiger charge is -2.19. The van der Waals surface area contributed by atoms with Gasteiger partial charge < -0.3 is 5.32 Å². The minimum atomic E-state index is -0.242. The zero-order valence-corrected chi connectivity index (χ0v) is 12.0. The molecule has 2 rings (SSSR count). The SMILES string of the molecule is CCNC(c1ccc(F)cc1)c1ccc(Cl)c(Cl)c1. The largest absolute Gasteiger partial charge is 0.307 e. The molecule has 0 saturated carbocycles. The lowest BCUT2D eigenvalue weighted by molar-refractivity contribution is 0.613. The van der Waals surface area contributed by atoms with Crippen molar-refractivity contribution in [3.05, 3.63) is 69.5 Å². The van der Waals surface area contributed by atoms with E-state index in [1.54, 1.807) is 18.2 Å². The molecular formula is C15H14Cl2FN. The lowest BCUT2D eigenvalue weighted by atomic mass is 9.98. The van der Waals surface area contributed by atoms with Crippen molar-refractivity contribution in [1.29, 1.82) is 0 Å². The first-order valence-corrected chi connectivity index (χ1v) is 6.81. The molecule has 0 bridgehead atoms. The zero-order valence-electron chi connectivity index (χ0n) is 10.5. The summed E-state index contributed by atoms with van der Waals surface area (Å²) in [6.45, 7) is 2.82. The summed E-state index contributed by atoms with van der Waals surface area (Å²) in [5.41, 5.74) is 1.99. The Labute approximate surface area is 122 Å². The van der Waals surface area contributed by atoms with Crippen LogP contribution in [0, 0.1) is 5.82 Å². The maximum absolute atomic E-state index is 13.0. The van der Waals surface area contributed by atoms with E-state index in [-0.39, 0.29) is 11.9 Å². The number of rotatable bonds is 4. The molecule has 0 aliphatic rings. The second-order valence-corrected chi connectivity index (χ2v) is 5.03. The Morgan fingerprint density at radius 3 is 2.21 bits per heavy atom. The predicted octanol–water partition coefficient (Wildman–Crippen LogP) is 4.83.